The second-order valence-corrected chi connectivity index (χ2v) is 9.72. The third-order valence-electron chi connectivity index (χ3n) is 7.54. The van der Waals surface area contributed by atoms with E-state index in [0.29, 0.717) is 24.5 Å². The number of unbranched alkanes of at least 4 members (excludes halogenated alkanes) is 1. The van der Waals surface area contributed by atoms with Crippen LogP contribution in [0, 0.1) is 5.92 Å². The molecule has 4 heteroatoms. The molecule has 2 aliphatic rings. The summed E-state index contributed by atoms with van der Waals surface area (Å²) in [6.07, 6.45) is 9.48. The van der Waals surface area contributed by atoms with Gasteiger partial charge in [-0.15, -0.1) is 0 Å². The first-order valence-electron chi connectivity index (χ1n) is 12.6. The van der Waals surface area contributed by atoms with E-state index in [4.69, 9.17) is 4.74 Å². The number of allylic oxidation sites excluding steroid dienone is 1. The third-order valence-corrected chi connectivity index (χ3v) is 7.54. The fourth-order valence-corrected chi connectivity index (χ4v) is 5.68. The number of rotatable bonds is 9. The highest BCUT2D eigenvalue weighted by molar-refractivity contribution is 5.36. The fraction of sp³-hybridized carbons (Fsp3) is 0.517. The summed E-state index contributed by atoms with van der Waals surface area (Å²) in [6.45, 7) is 8.43. The van der Waals surface area contributed by atoms with Gasteiger partial charge in [-0.3, -0.25) is 4.90 Å². The van der Waals surface area contributed by atoms with Gasteiger partial charge in [0.2, 0.25) is 0 Å². The summed E-state index contributed by atoms with van der Waals surface area (Å²) >= 11 is 0. The van der Waals surface area contributed by atoms with Crippen molar-refractivity contribution in [1.29, 1.82) is 0 Å². The SMILES string of the molecule is C=CC(F)(F)c1ccc(OCC2c3ccccc3CCC2N2CCCC(CCCC)C2)cc1. The molecule has 178 valence electrons. The molecular formula is C29H37F2NO. The molecule has 33 heavy (non-hydrogen) atoms. The number of piperidine rings is 1. The van der Waals surface area contributed by atoms with Crippen LogP contribution in [0.25, 0.3) is 0 Å². The predicted octanol–water partition coefficient (Wildman–Crippen LogP) is 7.34. The van der Waals surface area contributed by atoms with Crippen molar-refractivity contribution in [2.24, 2.45) is 5.92 Å². The van der Waals surface area contributed by atoms with Gasteiger partial charge in [-0.25, -0.2) is 0 Å². The number of fused-ring (bicyclic) bond motifs is 1. The zero-order chi connectivity index (χ0) is 23.3. The molecule has 1 aliphatic carbocycles. The van der Waals surface area contributed by atoms with Crippen LogP contribution >= 0.6 is 0 Å². The summed E-state index contributed by atoms with van der Waals surface area (Å²) < 4.78 is 33.9. The summed E-state index contributed by atoms with van der Waals surface area (Å²) in [5, 5.41) is 0. The van der Waals surface area contributed by atoms with Gasteiger partial charge < -0.3 is 4.74 Å². The molecule has 1 fully saturated rings. The molecule has 1 saturated heterocycles. The summed E-state index contributed by atoms with van der Waals surface area (Å²) in [5.41, 5.74) is 2.75. The highest BCUT2D eigenvalue weighted by Crippen LogP contribution is 2.38. The Bertz CT molecular complexity index is 910. The molecule has 1 aliphatic heterocycles. The Morgan fingerprint density at radius 1 is 1.12 bits per heavy atom. The van der Waals surface area contributed by atoms with Crippen molar-refractivity contribution in [3.05, 3.63) is 77.9 Å². The minimum absolute atomic E-state index is 0.0582. The molecule has 4 rings (SSSR count). The van der Waals surface area contributed by atoms with Crippen LogP contribution in [0.15, 0.2) is 61.2 Å². The molecule has 2 aromatic rings. The lowest BCUT2D eigenvalue weighted by atomic mass is 9.77. The normalized spacial score (nSPS) is 23.7. The smallest absolute Gasteiger partial charge is 0.291 e. The average molecular weight is 454 g/mol. The van der Waals surface area contributed by atoms with Crippen molar-refractivity contribution in [1.82, 2.24) is 4.90 Å². The second kappa shape index (κ2) is 10.8. The molecule has 3 atom stereocenters. The van der Waals surface area contributed by atoms with Crippen LogP contribution in [-0.4, -0.2) is 30.6 Å². The zero-order valence-electron chi connectivity index (χ0n) is 19.8. The first-order chi connectivity index (χ1) is 16.0. The van der Waals surface area contributed by atoms with Gasteiger partial charge in [-0.1, -0.05) is 50.6 Å². The zero-order valence-corrected chi connectivity index (χ0v) is 19.8. The Morgan fingerprint density at radius 3 is 2.67 bits per heavy atom. The van der Waals surface area contributed by atoms with Gasteiger partial charge in [0.05, 0.1) is 6.61 Å². The first-order valence-corrected chi connectivity index (χ1v) is 12.6. The lowest BCUT2D eigenvalue weighted by molar-refractivity contribution is 0.0524. The number of benzene rings is 2. The largest absolute Gasteiger partial charge is 0.493 e. The lowest BCUT2D eigenvalue weighted by Gasteiger charge is -2.44. The van der Waals surface area contributed by atoms with Gasteiger partial charge in [0.15, 0.2) is 0 Å². The molecule has 1 heterocycles. The highest BCUT2D eigenvalue weighted by Gasteiger charge is 2.36. The van der Waals surface area contributed by atoms with E-state index >= 15 is 0 Å². The number of alkyl halides is 2. The molecule has 2 aromatic carbocycles. The summed E-state index contributed by atoms with van der Waals surface area (Å²) in [6, 6.07) is 15.4. The second-order valence-electron chi connectivity index (χ2n) is 9.72. The Hall–Kier alpha value is -2.20. The molecule has 2 nitrogen and oxygen atoms in total. The number of aryl methyl sites for hydroxylation is 1. The molecule has 0 radical (unpaired) electrons. The van der Waals surface area contributed by atoms with Gasteiger partial charge in [-0.05, 0) is 86.0 Å². The van der Waals surface area contributed by atoms with E-state index in [1.54, 1.807) is 12.1 Å². The Morgan fingerprint density at radius 2 is 1.91 bits per heavy atom. The Balaban J connectivity index is 1.49. The van der Waals surface area contributed by atoms with Gasteiger partial charge in [-0.2, -0.15) is 8.78 Å². The van der Waals surface area contributed by atoms with Crippen molar-refractivity contribution < 1.29 is 13.5 Å². The van der Waals surface area contributed by atoms with Crippen LogP contribution < -0.4 is 4.74 Å². The maximum atomic E-state index is 13.9. The molecule has 0 amide bonds. The predicted molar refractivity (Wildman–Crippen MR) is 131 cm³/mol. The summed E-state index contributed by atoms with van der Waals surface area (Å²) in [5.74, 6) is -1.29. The van der Waals surface area contributed by atoms with Crippen LogP contribution in [0.5, 0.6) is 5.75 Å². The van der Waals surface area contributed by atoms with E-state index < -0.39 is 5.92 Å². The third kappa shape index (κ3) is 5.66. The van der Waals surface area contributed by atoms with E-state index in [9.17, 15) is 8.78 Å². The fourth-order valence-electron chi connectivity index (χ4n) is 5.68. The molecular weight excluding hydrogens is 416 g/mol. The first kappa shape index (κ1) is 23.9. The van der Waals surface area contributed by atoms with Gasteiger partial charge in [0.25, 0.3) is 5.92 Å². The van der Waals surface area contributed by atoms with Crippen molar-refractivity contribution in [3.8, 4) is 5.75 Å². The number of nitrogens with zero attached hydrogens (tertiary/aromatic N) is 1. The van der Waals surface area contributed by atoms with Crippen molar-refractivity contribution in [2.45, 2.75) is 69.8 Å². The van der Waals surface area contributed by atoms with E-state index in [1.807, 2.05) is 0 Å². The minimum atomic E-state index is -3.02. The van der Waals surface area contributed by atoms with E-state index in [2.05, 4.69) is 42.7 Å². The highest BCUT2D eigenvalue weighted by atomic mass is 19.3. The molecule has 0 saturated carbocycles. The number of hydrogen-bond acceptors (Lipinski definition) is 2. The maximum absolute atomic E-state index is 13.9. The lowest BCUT2D eigenvalue weighted by Crippen LogP contribution is -2.48. The van der Waals surface area contributed by atoms with E-state index in [1.165, 1.54) is 61.9 Å². The van der Waals surface area contributed by atoms with Gasteiger partial charge in [0, 0.05) is 24.1 Å². The minimum Gasteiger partial charge on any atom is -0.493 e. The molecule has 0 N–H and O–H groups in total. The van der Waals surface area contributed by atoms with Gasteiger partial charge >= 0.3 is 0 Å². The number of hydrogen-bond donors (Lipinski definition) is 0. The van der Waals surface area contributed by atoms with Crippen molar-refractivity contribution >= 4 is 0 Å². The number of ether oxygens (including phenoxy) is 1. The average Bonchev–Trinajstić information content (AvgIpc) is 2.86. The van der Waals surface area contributed by atoms with Crippen LogP contribution in [0.1, 0.15) is 68.1 Å². The number of likely N-dealkylation sites (tertiary alicyclic amines) is 1. The van der Waals surface area contributed by atoms with Crippen LogP contribution in [0.2, 0.25) is 0 Å². The van der Waals surface area contributed by atoms with E-state index in [0.717, 1.165) is 25.3 Å². The molecule has 0 aromatic heterocycles. The number of halogens is 2. The Labute approximate surface area is 197 Å². The quantitative estimate of drug-likeness (QED) is 0.368. The molecule has 0 bridgehead atoms. The molecule has 0 spiro atoms. The standard InChI is InChI=1S/C29H37F2NO/c1-3-5-9-22-10-8-19-32(20-22)28-18-13-23-11-6-7-12-26(23)27(28)21-33-25-16-14-24(15-17-25)29(30,31)4-2/h4,6-7,11-12,14-17,22,27-28H,2-3,5,8-10,13,18-21H2,1H3. The maximum Gasteiger partial charge on any atom is 0.291 e. The van der Waals surface area contributed by atoms with Crippen molar-refractivity contribution in [3.63, 3.8) is 0 Å². The van der Waals surface area contributed by atoms with Crippen molar-refractivity contribution in [2.75, 3.05) is 19.7 Å². The van der Waals surface area contributed by atoms with Crippen LogP contribution in [-0.2, 0) is 12.3 Å². The van der Waals surface area contributed by atoms with Gasteiger partial charge in [0.1, 0.15) is 5.75 Å². The summed E-state index contributed by atoms with van der Waals surface area (Å²) in [7, 11) is 0. The molecule has 3 unspecified atom stereocenters. The Kier molecular flexibility index (Phi) is 7.85. The van der Waals surface area contributed by atoms with E-state index in [-0.39, 0.29) is 11.5 Å². The van der Waals surface area contributed by atoms with Crippen LogP contribution in [0.3, 0.4) is 0 Å². The van der Waals surface area contributed by atoms with Crippen LogP contribution in [0.4, 0.5) is 8.78 Å². The summed E-state index contributed by atoms with van der Waals surface area (Å²) in [4.78, 5) is 2.72. The monoisotopic (exact) mass is 453 g/mol. The topological polar surface area (TPSA) is 12.5 Å².